The molecule has 3 amide bonds. The van der Waals surface area contributed by atoms with Gasteiger partial charge in [0, 0.05) is 18.5 Å². The largest absolute Gasteiger partial charge is 0.457 e. The standard InChI is InChI=1S/C37H49N3O5/c1-6-26(4)35(38-27(5)41)37(44)39-30(21-20-25(2)3)24-34(42)33(22-28-14-9-7-10-15-28)40-36(43)29-16-13-19-32(23-29)45-31-17-11-8-12-18-31/h7-19,23,25-26,30,33-35,42H,6,20-22,24H2,1-5H3,(H,38,41)(H,39,44)(H,40,43)/t26-,30-,33-,34-,35-/m0/s1. The molecule has 3 aromatic carbocycles. The lowest BCUT2D eigenvalue weighted by Crippen LogP contribution is -2.53. The van der Waals surface area contributed by atoms with Crippen molar-refractivity contribution in [3.63, 3.8) is 0 Å². The molecule has 242 valence electrons. The van der Waals surface area contributed by atoms with Crippen LogP contribution in [0.1, 0.15) is 76.2 Å². The van der Waals surface area contributed by atoms with E-state index in [1.807, 2.05) is 74.5 Å². The number of hydrogen-bond acceptors (Lipinski definition) is 5. The van der Waals surface area contributed by atoms with E-state index in [9.17, 15) is 19.5 Å². The molecule has 45 heavy (non-hydrogen) atoms. The van der Waals surface area contributed by atoms with Crippen molar-refractivity contribution in [3.8, 4) is 11.5 Å². The highest BCUT2D eigenvalue weighted by atomic mass is 16.5. The first-order chi connectivity index (χ1) is 21.5. The van der Waals surface area contributed by atoms with Crippen LogP contribution in [0.3, 0.4) is 0 Å². The van der Waals surface area contributed by atoms with Gasteiger partial charge in [0.15, 0.2) is 0 Å². The lowest BCUT2D eigenvalue weighted by molar-refractivity contribution is -0.130. The van der Waals surface area contributed by atoms with Gasteiger partial charge in [0.1, 0.15) is 17.5 Å². The van der Waals surface area contributed by atoms with Gasteiger partial charge in [-0.05, 0) is 73.4 Å². The van der Waals surface area contributed by atoms with Crippen LogP contribution in [-0.2, 0) is 16.0 Å². The van der Waals surface area contributed by atoms with E-state index in [2.05, 4.69) is 29.8 Å². The van der Waals surface area contributed by atoms with Crippen LogP contribution < -0.4 is 20.7 Å². The first kappa shape index (κ1) is 35.3. The van der Waals surface area contributed by atoms with E-state index in [1.165, 1.54) is 6.92 Å². The van der Waals surface area contributed by atoms with E-state index >= 15 is 0 Å². The molecule has 0 unspecified atom stereocenters. The van der Waals surface area contributed by atoms with Crippen molar-refractivity contribution >= 4 is 17.7 Å². The molecule has 0 spiro atoms. The highest BCUT2D eigenvalue weighted by Gasteiger charge is 2.30. The lowest BCUT2D eigenvalue weighted by Gasteiger charge is -2.31. The van der Waals surface area contributed by atoms with Crippen LogP contribution in [0, 0.1) is 11.8 Å². The highest BCUT2D eigenvalue weighted by molar-refractivity contribution is 5.94. The Morgan fingerprint density at radius 2 is 1.44 bits per heavy atom. The van der Waals surface area contributed by atoms with Crippen LogP contribution in [-0.4, -0.2) is 47.1 Å². The van der Waals surface area contributed by atoms with Gasteiger partial charge in [-0.2, -0.15) is 0 Å². The van der Waals surface area contributed by atoms with E-state index in [4.69, 9.17) is 4.74 Å². The lowest BCUT2D eigenvalue weighted by atomic mass is 9.92. The summed E-state index contributed by atoms with van der Waals surface area (Å²) in [6, 6.07) is 24.3. The Morgan fingerprint density at radius 3 is 2.07 bits per heavy atom. The number of carbonyl (C=O) groups excluding carboxylic acids is 3. The number of aliphatic hydroxyl groups is 1. The van der Waals surface area contributed by atoms with Crippen LogP contribution in [0.25, 0.3) is 0 Å². The monoisotopic (exact) mass is 615 g/mol. The number of amides is 3. The van der Waals surface area contributed by atoms with E-state index in [-0.39, 0.29) is 36.1 Å². The molecule has 0 bridgehead atoms. The van der Waals surface area contributed by atoms with Gasteiger partial charge in [-0.15, -0.1) is 0 Å². The Morgan fingerprint density at radius 1 is 0.800 bits per heavy atom. The van der Waals surface area contributed by atoms with Crippen molar-refractivity contribution in [1.82, 2.24) is 16.0 Å². The van der Waals surface area contributed by atoms with Crippen LogP contribution >= 0.6 is 0 Å². The predicted molar refractivity (Wildman–Crippen MR) is 178 cm³/mol. The maximum absolute atomic E-state index is 13.5. The minimum atomic E-state index is -0.960. The minimum Gasteiger partial charge on any atom is -0.457 e. The summed E-state index contributed by atoms with van der Waals surface area (Å²) in [6.07, 6.45) is 1.90. The molecule has 5 atom stereocenters. The molecule has 0 aliphatic rings. The van der Waals surface area contributed by atoms with Crippen molar-refractivity contribution in [2.45, 2.75) is 91.0 Å². The molecule has 0 radical (unpaired) electrons. The molecular formula is C37H49N3O5. The SMILES string of the molecule is CC[C@H](C)[C@H](NC(C)=O)C(=O)N[C@@H](CCC(C)C)C[C@H](O)[C@H](Cc1ccccc1)NC(=O)c1cccc(Oc2ccccc2)c1. The smallest absolute Gasteiger partial charge is 0.251 e. The number of carbonyl (C=O) groups is 3. The van der Waals surface area contributed by atoms with Crippen LogP contribution in [0.15, 0.2) is 84.9 Å². The molecule has 0 fully saturated rings. The molecular weight excluding hydrogens is 566 g/mol. The number of rotatable bonds is 17. The van der Waals surface area contributed by atoms with Crippen LogP contribution in [0.2, 0.25) is 0 Å². The number of nitrogens with one attached hydrogen (secondary N) is 3. The summed E-state index contributed by atoms with van der Waals surface area (Å²) in [5, 5.41) is 20.6. The second kappa shape index (κ2) is 18.0. The molecule has 0 aliphatic carbocycles. The Hall–Kier alpha value is -4.17. The summed E-state index contributed by atoms with van der Waals surface area (Å²) in [4.78, 5) is 38.8. The summed E-state index contributed by atoms with van der Waals surface area (Å²) in [7, 11) is 0. The minimum absolute atomic E-state index is 0.0590. The number of aliphatic hydroxyl groups excluding tert-OH is 1. The second-order valence-electron chi connectivity index (χ2n) is 12.3. The average molecular weight is 616 g/mol. The molecule has 0 saturated heterocycles. The zero-order valence-corrected chi connectivity index (χ0v) is 27.2. The Kier molecular flexibility index (Phi) is 14.1. The number of hydrogen-bond donors (Lipinski definition) is 4. The quantitative estimate of drug-likeness (QED) is 0.148. The van der Waals surface area contributed by atoms with Gasteiger partial charge in [-0.25, -0.2) is 0 Å². The molecule has 4 N–H and O–H groups in total. The van der Waals surface area contributed by atoms with Crippen molar-refractivity contribution in [3.05, 3.63) is 96.1 Å². The first-order valence-electron chi connectivity index (χ1n) is 16.0. The molecule has 0 saturated carbocycles. The Labute approximate surface area is 268 Å². The topological polar surface area (TPSA) is 117 Å². The Bertz CT molecular complexity index is 1350. The van der Waals surface area contributed by atoms with E-state index in [1.54, 1.807) is 24.3 Å². The van der Waals surface area contributed by atoms with E-state index in [0.29, 0.717) is 35.8 Å². The fourth-order valence-corrected chi connectivity index (χ4v) is 5.18. The van der Waals surface area contributed by atoms with Crippen LogP contribution in [0.5, 0.6) is 11.5 Å². The highest BCUT2D eigenvalue weighted by Crippen LogP contribution is 2.23. The third-order valence-electron chi connectivity index (χ3n) is 7.97. The number of benzene rings is 3. The van der Waals surface area contributed by atoms with Gasteiger partial charge in [0.05, 0.1) is 12.1 Å². The molecule has 8 heteroatoms. The van der Waals surface area contributed by atoms with Crippen LogP contribution in [0.4, 0.5) is 0 Å². The summed E-state index contributed by atoms with van der Waals surface area (Å²) in [5.41, 5.74) is 1.37. The maximum Gasteiger partial charge on any atom is 0.251 e. The van der Waals surface area contributed by atoms with Gasteiger partial charge >= 0.3 is 0 Å². The first-order valence-corrected chi connectivity index (χ1v) is 16.0. The summed E-state index contributed by atoms with van der Waals surface area (Å²) in [6.45, 7) is 9.55. The van der Waals surface area contributed by atoms with Gasteiger partial charge in [0.2, 0.25) is 11.8 Å². The predicted octanol–water partition coefficient (Wildman–Crippen LogP) is 6.04. The normalized spacial score (nSPS) is 14.5. The number of ether oxygens (including phenoxy) is 1. The zero-order valence-electron chi connectivity index (χ0n) is 27.2. The Balaban J connectivity index is 1.80. The molecule has 3 aromatic rings. The molecule has 0 heterocycles. The average Bonchev–Trinajstić information content (AvgIpc) is 3.02. The van der Waals surface area contributed by atoms with E-state index in [0.717, 1.165) is 18.4 Å². The van der Waals surface area contributed by atoms with Crippen molar-refractivity contribution in [1.29, 1.82) is 0 Å². The molecule has 8 nitrogen and oxygen atoms in total. The third kappa shape index (κ3) is 12.0. The van der Waals surface area contributed by atoms with Gasteiger partial charge in [-0.1, -0.05) is 88.7 Å². The van der Waals surface area contributed by atoms with Crippen molar-refractivity contribution in [2.24, 2.45) is 11.8 Å². The fraction of sp³-hybridized carbons (Fsp3) is 0.432. The maximum atomic E-state index is 13.5. The molecule has 3 rings (SSSR count). The third-order valence-corrected chi connectivity index (χ3v) is 7.97. The zero-order chi connectivity index (χ0) is 32.8. The molecule has 0 aliphatic heterocycles. The summed E-state index contributed by atoms with van der Waals surface area (Å²) < 4.78 is 5.93. The molecule has 0 aromatic heterocycles. The fourth-order valence-electron chi connectivity index (χ4n) is 5.18. The van der Waals surface area contributed by atoms with Crippen molar-refractivity contribution in [2.75, 3.05) is 0 Å². The van der Waals surface area contributed by atoms with E-state index < -0.39 is 18.2 Å². The second-order valence-corrected chi connectivity index (χ2v) is 12.3. The summed E-state index contributed by atoms with van der Waals surface area (Å²) >= 11 is 0. The van der Waals surface area contributed by atoms with Gasteiger partial charge in [-0.3, -0.25) is 14.4 Å². The summed E-state index contributed by atoms with van der Waals surface area (Å²) in [5.74, 6) is 0.663. The number of para-hydroxylation sites is 1. The van der Waals surface area contributed by atoms with Crippen molar-refractivity contribution < 1.29 is 24.2 Å². The van der Waals surface area contributed by atoms with Gasteiger partial charge < -0.3 is 25.8 Å². The van der Waals surface area contributed by atoms with Gasteiger partial charge in [0.25, 0.3) is 5.91 Å².